The highest BCUT2D eigenvalue weighted by atomic mass is 16.5. The first-order chi connectivity index (χ1) is 11.8. The zero-order valence-electron chi connectivity index (χ0n) is 13.9. The molecule has 0 spiro atoms. The van der Waals surface area contributed by atoms with Crippen LogP contribution in [0.15, 0.2) is 73.3 Å². The Bertz CT molecular complexity index is 629. The van der Waals surface area contributed by atoms with Gasteiger partial charge in [-0.2, -0.15) is 0 Å². The summed E-state index contributed by atoms with van der Waals surface area (Å²) in [4.78, 5) is 2.30. The van der Waals surface area contributed by atoms with Gasteiger partial charge in [0.2, 0.25) is 0 Å². The van der Waals surface area contributed by atoms with E-state index in [2.05, 4.69) is 35.7 Å². The Hall–Kier alpha value is -1.94. The summed E-state index contributed by atoms with van der Waals surface area (Å²) < 4.78 is 5.95. The Morgan fingerprint density at radius 1 is 1.04 bits per heavy atom. The SMILES string of the molecule is C=C[C@@H]1[C@@H](O)CN(Cc2ccccc2)[C@H]1COCc1ccccc1. The third-order valence-corrected chi connectivity index (χ3v) is 4.68. The van der Waals surface area contributed by atoms with Gasteiger partial charge in [0.15, 0.2) is 0 Å². The third-order valence-electron chi connectivity index (χ3n) is 4.68. The molecule has 1 N–H and O–H groups in total. The molecule has 3 heteroatoms. The average molecular weight is 323 g/mol. The maximum atomic E-state index is 10.4. The summed E-state index contributed by atoms with van der Waals surface area (Å²) >= 11 is 0. The summed E-state index contributed by atoms with van der Waals surface area (Å²) in [6, 6.07) is 20.7. The second-order valence-electron chi connectivity index (χ2n) is 6.36. The van der Waals surface area contributed by atoms with E-state index in [0.717, 1.165) is 6.54 Å². The second-order valence-corrected chi connectivity index (χ2v) is 6.36. The maximum absolute atomic E-state index is 10.4. The number of benzene rings is 2. The zero-order chi connectivity index (χ0) is 16.8. The first-order valence-electron chi connectivity index (χ1n) is 8.48. The fraction of sp³-hybridized carbons (Fsp3) is 0.333. The summed E-state index contributed by atoms with van der Waals surface area (Å²) in [5.41, 5.74) is 2.42. The predicted octanol–water partition coefficient (Wildman–Crippen LogP) is 3.25. The Balaban J connectivity index is 1.63. The van der Waals surface area contributed by atoms with Crippen LogP contribution in [-0.4, -0.2) is 35.3 Å². The number of ether oxygens (including phenoxy) is 1. The summed E-state index contributed by atoms with van der Waals surface area (Å²) in [5.74, 6) is 0.0458. The standard InChI is InChI=1S/C21H25NO2/c1-2-19-20(16-24-15-18-11-7-4-8-12-18)22(14-21(19)23)13-17-9-5-3-6-10-17/h2-12,19-21,23H,1,13-16H2/t19-,20-,21-/m0/s1. The van der Waals surface area contributed by atoms with Gasteiger partial charge in [-0.3, -0.25) is 4.90 Å². The minimum atomic E-state index is -0.378. The van der Waals surface area contributed by atoms with Gasteiger partial charge in [-0.05, 0) is 11.1 Å². The van der Waals surface area contributed by atoms with Crippen molar-refractivity contribution in [2.75, 3.05) is 13.2 Å². The predicted molar refractivity (Wildman–Crippen MR) is 96.4 cm³/mol. The van der Waals surface area contributed by atoms with E-state index in [1.807, 2.05) is 42.5 Å². The van der Waals surface area contributed by atoms with Crippen LogP contribution in [0.25, 0.3) is 0 Å². The molecule has 3 rings (SSSR count). The molecule has 3 atom stereocenters. The lowest BCUT2D eigenvalue weighted by atomic mass is 9.99. The molecule has 3 nitrogen and oxygen atoms in total. The molecule has 0 amide bonds. The topological polar surface area (TPSA) is 32.7 Å². The van der Waals surface area contributed by atoms with Crippen LogP contribution in [0, 0.1) is 5.92 Å². The number of likely N-dealkylation sites (tertiary alicyclic amines) is 1. The van der Waals surface area contributed by atoms with Gasteiger partial charge in [0.25, 0.3) is 0 Å². The van der Waals surface area contributed by atoms with E-state index in [4.69, 9.17) is 4.74 Å². The molecular formula is C21H25NO2. The molecule has 2 aromatic carbocycles. The van der Waals surface area contributed by atoms with Crippen LogP contribution in [0.5, 0.6) is 0 Å². The molecule has 1 aliphatic rings. The summed E-state index contributed by atoms with van der Waals surface area (Å²) in [5, 5.41) is 10.4. The number of hydrogen-bond acceptors (Lipinski definition) is 3. The van der Waals surface area contributed by atoms with Crippen molar-refractivity contribution in [1.82, 2.24) is 4.90 Å². The van der Waals surface area contributed by atoms with Gasteiger partial charge in [0.05, 0.1) is 19.3 Å². The van der Waals surface area contributed by atoms with Crippen LogP contribution >= 0.6 is 0 Å². The number of aliphatic hydroxyl groups excluding tert-OH is 1. The number of nitrogens with zero attached hydrogens (tertiary/aromatic N) is 1. The van der Waals surface area contributed by atoms with Gasteiger partial charge >= 0.3 is 0 Å². The average Bonchev–Trinajstić information content (AvgIpc) is 2.91. The molecule has 24 heavy (non-hydrogen) atoms. The van der Waals surface area contributed by atoms with Crippen molar-refractivity contribution in [3.05, 3.63) is 84.4 Å². The number of aliphatic hydroxyl groups is 1. The third kappa shape index (κ3) is 4.12. The van der Waals surface area contributed by atoms with Crippen molar-refractivity contribution in [1.29, 1.82) is 0 Å². The molecule has 0 aromatic heterocycles. The van der Waals surface area contributed by atoms with E-state index in [1.165, 1.54) is 11.1 Å². The zero-order valence-corrected chi connectivity index (χ0v) is 13.9. The van der Waals surface area contributed by atoms with Crippen LogP contribution in [-0.2, 0) is 17.9 Å². The molecule has 0 aliphatic carbocycles. The highest BCUT2D eigenvalue weighted by Gasteiger charge is 2.39. The lowest BCUT2D eigenvalue weighted by Gasteiger charge is -2.26. The number of β-amino-alcohol motifs (C(OH)–C–C–N with tert-alkyl or cyclic N) is 1. The highest BCUT2D eigenvalue weighted by molar-refractivity contribution is 5.16. The van der Waals surface area contributed by atoms with E-state index in [1.54, 1.807) is 0 Å². The molecule has 1 aliphatic heterocycles. The molecule has 0 saturated carbocycles. The van der Waals surface area contributed by atoms with Crippen molar-refractivity contribution >= 4 is 0 Å². The summed E-state index contributed by atoms with van der Waals surface area (Å²) in [7, 11) is 0. The fourth-order valence-electron chi connectivity index (χ4n) is 3.40. The Labute approximate surface area is 144 Å². The molecule has 1 fully saturated rings. The maximum Gasteiger partial charge on any atom is 0.0745 e. The normalized spacial score (nSPS) is 24.1. The summed E-state index contributed by atoms with van der Waals surface area (Å²) in [6.45, 7) is 6.57. The second kappa shape index (κ2) is 8.25. The van der Waals surface area contributed by atoms with Gasteiger partial charge in [-0.25, -0.2) is 0 Å². The van der Waals surface area contributed by atoms with Crippen LogP contribution in [0.1, 0.15) is 11.1 Å². The van der Waals surface area contributed by atoms with E-state index >= 15 is 0 Å². The van der Waals surface area contributed by atoms with Crippen molar-refractivity contribution in [2.24, 2.45) is 5.92 Å². The van der Waals surface area contributed by atoms with Crippen molar-refractivity contribution in [2.45, 2.75) is 25.3 Å². The van der Waals surface area contributed by atoms with E-state index < -0.39 is 0 Å². The van der Waals surface area contributed by atoms with Gasteiger partial charge in [0, 0.05) is 25.0 Å². The highest BCUT2D eigenvalue weighted by Crippen LogP contribution is 2.28. The fourth-order valence-corrected chi connectivity index (χ4v) is 3.40. The minimum absolute atomic E-state index is 0.0458. The molecular weight excluding hydrogens is 298 g/mol. The molecule has 0 bridgehead atoms. The van der Waals surface area contributed by atoms with Crippen LogP contribution in [0.2, 0.25) is 0 Å². The summed E-state index contributed by atoms with van der Waals surface area (Å²) in [6.07, 6.45) is 1.49. The lowest BCUT2D eigenvalue weighted by Crippen LogP contribution is -2.36. The quantitative estimate of drug-likeness (QED) is 0.794. The van der Waals surface area contributed by atoms with Gasteiger partial charge < -0.3 is 9.84 Å². The smallest absolute Gasteiger partial charge is 0.0745 e. The molecule has 0 radical (unpaired) electrons. The van der Waals surface area contributed by atoms with Gasteiger partial charge in [-0.1, -0.05) is 66.7 Å². The van der Waals surface area contributed by atoms with Crippen LogP contribution in [0.3, 0.4) is 0 Å². The molecule has 2 aromatic rings. The Kier molecular flexibility index (Phi) is 5.81. The van der Waals surface area contributed by atoms with Crippen molar-refractivity contribution in [3.63, 3.8) is 0 Å². The van der Waals surface area contributed by atoms with Crippen molar-refractivity contribution in [3.8, 4) is 0 Å². The first-order valence-corrected chi connectivity index (χ1v) is 8.48. The molecule has 1 heterocycles. The monoisotopic (exact) mass is 323 g/mol. The van der Waals surface area contributed by atoms with Crippen LogP contribution < -0.4 is 0 Å². The van der Waals surface area contributed by atoms with E-state index in [9.17, 15) is 5.11 Å². The first kappa shape index (κ1) is 16.9. The minimum Gasteiger partial charge on any atom is -0.391 e. The molecule has 1 saturated heterocycles. The van der Waals surface area contributed by atoms with E-state index in [-0.39, 0.29) is 18.1 Å². The Morgan fingerprint density at radius 3 is 2.29 bits per heavy atom. The molecule has 0 unspecified atom stereocenters. The largest absolute Gasteiger partial charge is 0.391 e. The van der Waals surface area contributed by atoms with Gasteiger partial charge in [0.1, 0.15) is 0 Å². The lowest BCUT2D eigenvalue weighted by molar-refractivity contribution is 0.0546. The number of hydrogen-bond donors (Lipinski definition) is 1. The van der Waals surface area contributed by atoms with Gasteiger partial charge in [-0.15, -0.1) is 6.58 Å². The molecule has 126 valence electrons. The van der Waals surface area contributed by atoms with Crippen LogP contribution in [0.4, 0.5) is 0 Å². The van der Waals surface area contributed by atoms with Crippen molar-refractivity contribution < 1.29 is 9.84 Å². The number of rotatable bonds is 7. The Morgan fingerprint density at radius 2 is 1.67 bits per heavy atom. The van der Waals surface area contributed by atoms with E-state index in [0.29, 0.717) is 19.8 Å².